The molecule has 2 aromatic rings. The van der Waals surface area contributed by atoms with Crippen molar-refractivity contribution in [1.82, 2.24) is 15.0 Å². The molecule has 0 unspecified atom stereocenters. The Kier molecular flexibility index (Phi) is 5.47. The quantitative estimate of drug-likeness (QED) is 0.605. The van der Waals surface area contributed by atoms with Crippen LogP contribution < -0.4 is 10.2 Å². The van der Waals surface area contributed by atoms with E-state index in [-0.39, 0.29) is 17.6 Å². The van der Waals surface area contributed by atoms with Gasteiger partial charge in [-0.2, -0.15) is 0 Å². The van der Waals surface area contributed by atoms with Crippen LogP contribution in [0.25, 0.3) is 5.70 Å². The van der Waals surface area contributed by atoms with Crippen molar-refractivity contribution in [3.8, 4) is 5.75 Å². The monoisotopic (exact) mass is 385 g/mol. The Morgan fingerprint density at radius 1 is 1.29 bits per heavy atom. The SMILES string of the molecule is CONC1=CC(C)(C)[C@H](n2cncc2C(=O)OC(C)C)c2cc(OC)ccc21. The van der Waals surface area contributed by atoms with Crippen LogP contribution in [-0.2, 0) is 9.57 Å². The van der Waals surface area contributed by atoms with Gasteiger partial charge in [0.15, 0.2) is 0 Å². The predicted molar refractivity (Wildman–Crippen MR) is 106 cm³/mol. The van der Waals surface area contributed by atoms with Crippen LogP contribution in [-0.4, -0.2) is 35.8 Å². The topological polar surface area (TPSA) is 74.6 Å². The normalized spacial score (nSPS) is 17.7. The van der Waals surface area contributed by atoms with Crippen LogP contribution in [0.5, 0.6) is 5.75 Å². The number of esters is 1. The first-order chi connectivity index (χ1) is 13.3. The minimum Gasteiger partial charge on any atom is -0.497 e. The molecule has 0 radical (unpaired) electrons. The Morgan fingerprint density at radius 2 is 2.04 bits per heavy atom. The molecule has 7 nitrogen and oxygen atoms in total. The van der Waals surface area contributed by atoms with Gasteiger partial charge in [0.2, 0.25) is 0 Å². The fourth-order valence-corrected chi connectivity index (χ4v) is 3.71. The maximum absolute atomic E-state index is 12.6. The van der Waals surface area contributed by atoms with Crippen LogP contribution in [0.1, 0.15) is 55.4 Å². The average molecular weight is 385 g/mol. The molecule has 0 saturated heterocycles. The summed E-state index contributed by atoms with van der Waals surface area (Å²) in [6, 6.07) is 5.69. The molecule has 1 heterocycles. The number of carbonyl (C=O) groups is 1. The number of rotatable bonds is 6. The summed E-state index contributed by atoms with van der Waals surface area (Å²) in [4.78, 5) is 22.0. The van der Waals surface area contributed by atoms with Crippen molar-refractivity contribution in [2.75, 3.05) is 14.2 Å². The summed E-state index contributed by atoms with van der Waals surface area (Å²) in [6.07, 6.45) is 5.12. The Morgan fingerprint density at radius 3 is 2.68 bits per heavy atom. The molecule has 150 valence electrons. The highest BCUT2D eigenvalue weighted by atomic mass is 16.6. The van der Waals surface area contributed by atoms with Gasteiger partial charge in [0.05, 0.1) is 44.6 Å². The van der Waals surface area contributed by atoms with E-state index >= 15 is 0 Å². The average Bonchev–Trinajstić information content (AvgIpc) is 3.09. The van der Waals surface area contributed by atoms with Gasteiger partial charge in [-0.05, 0) is 37.6 Å². The molecule has 1 aromatic heterocycles. The zero-order valence-corrected chi connectivity index (χ0v) is 17.1. The summed E-state index contributed by atoms with van der Waals surface area (Å²) in [7, 11) is 3.22. The van der Waals surface area contributed by atoms with Gasteiger partial charge in [0.25, 0.3) is 0 Å². The molecule has 1 N–H and O–H groups in total. The third kappa shape index (κ3) is 3.62. The number of hydrogen-bond acceptors (Lipinski definition) is 6. The minimum absolute atomic E-state index is 0.183. The molecule has 0 saturated carbocycles. The van der Waals surface area contributed by atoms with Crippen LogP contribution >= 0.6 is 0 Å². The fourth-order valence-electron chi connectivity index (χ4n) is 3.71. The fraction of sp³-hybridized carbons (Fsp3) is 0.429. The number of hydroxylamine groups is 1. The maximum atomic E-state index is 12.6. The third-order valence-corrected chi connectivity index (χ3v) is 4.77. The second-order valence-corrected chi connectivity index (χ2v) is 7.68. The van der Waals surface area contributed by atoms with E-state index in [0.29, 0.717) is 5.69 Å². The zero-order valence-electron chi connectivity index (χ0n) is 17.1. The smallest absolute Gasteiger partial charge is 0.356 e. The summed E-state index contributed by atoms with van der Waals surface area (Å²) in [5.41, 5.74) is 5.87. The van der Waals surface area contributed by atoms with Crippen LogP contribution in [0.4, 0.5) is 0 Å². The highest BCUT2D eigenvalue weighted by Gasteiger charge is 2.39. The molecule has 1 aliphatic rings. The van der Waals surface area contributed by atoms with Crippen LogP contribution in [0, 0.1) is 5.41 Å². The molecule has 0 fully saturated rings. The van der Waals surface area contributed by atoms with Crippen molar-refractivity contribution >= 4 is 11.7 Å². The molecule has 7 heteroatoms. The highest BCUT2D eigenvalue weighted by Crippen LogP contribution is 2.47. The Balaban J connectivity index is 2.17. The summed E-state index contributed by atoms with van der Waals surface area (Å²) in [5.74, 6) is 0.349. The number of imidazole rings is 1. The Hall–Kier alpha value is -2.80. The first kappa shape index (κ1) is 19.9. The molecule has 0 spiro atoms. The van der Waals surface area contributed by atoms with Crippen molar-refractivity contribution in [3.05, 3.63) is 53.6 Å². The van der Waals surface area contributed by atoms with E-state index in [1.165, 1.54) is 0 Å². The number of fused-ring (bicyclic) bond motifs is 1. The van der Waals surface area contributed by atoms with Gasteiger partial charge in [0, 0.05) is 11.0 Å². The lowest BCUT2D eigenvalue weighted by Crippen LogP contribution is -2.34. The summed E-state index contributed by atoms with van der Waals surface area (Å²) < 4.78 is 12.7. The van der Waals surface area contributed by atoms with Gasteiger partial charge in [-0.25, -0.2) is 9.78 Å². The van der Waals surface area contributed by atoms with Gasteiger partial charge >= 0.3 is 5.97 Å². The second-order valence-electron chi connectivity index (χ2n) is 7.68. The lowest BCUT2D eigenvalue weighted by molar-refractivity contribution is 0.0361. The van der Waals surface area contributed by atoms with Crippen molar-refractivity contribution in [2.45, 2.75) is 39.8 Å². The van der Waals surface area contributed by atoms with E-state index in [9.17, 15) is 4.79 Å². The van der Waals surface area contributed by atoms with Gasteiger partial charge in [-0.1, -0.05) is 19.9 Å². The van der Waals surface area contributed by atoms with Crippen molar-refractivity contribution in [1.29, 1.82) is 0 Å². The summed E-state index contributed by atoms with van der Waals surface area (Å²) in [6.45, 7) is 7.87. The molecular weight excluding hydrogens is 358 g/mol. The number of nitrogens with one attached hydrogen (secondary N) is 1. The molecule has 0 aliphatic heterocycles. The molecule has 0 bridgehead atoms. The first-order valence-electron chi connectivity index (χ1n) is 9.21. The highest BCUT2D eigenvalue weighted by molar-refractivity contribution is 5.87. The number of aromatic nitrogens is 2. The standard InChI is InChI=1S/C21H27N3O4/c1-13(2)28-20(25)18-11-22-12-24(18)19-16-9-14(26-5)7-8-15(16)17(23-27-6)10-21(19,3)4/h7-13,19,23H,1-6H3/t19-/m1/s1. The lowest BCUT2D eigenvalue weighted by atomic mass is 9.73. The van der Waals surface area contributed by atoms with Crippen molar-refractivity contribution in [3.63, 3.8) is 0 Å². The number of methoxy groups -OCH3 is 1. The number of benzene rings is 1. The first-order valence-corrected chi connectivity index (χ1v) is 9.21. The van der Waals surface area contributed by atoms with Gasteiger partial charge in [0.1, 0.15) is 11.4 Å². The predicted octanol–water partition coefficient (Wildman–Crippen LogP) is 3.58. The van der Waals surface area contributed by atoms with Crippen molar-refractivity contribution < 1.29 is 19.1 Å². The molecule has 1 aromatic carbocycles. The van der Waals surface area contributed by atoms with E-state index in [1.807, 2.05) is 36.6 Å². The Labute approximate surface area is 165 Å². The van der Waals surface area contributed by atoms with E-state index in [0.717, 1.165) is 22.6 Å². The van der Waals surface area contributed by atoms with Crippen LogP contribution in [0.15, 0.2) is 36.8 Å². The van der Waals surface area contributed by atoms with E-state index in [2.05, 4.69) is 30.4 Å². The van der Waals surface area contributed by atoms with Crippen LogP contribution in [0.2, 0.25) is 0 Å². The number of hydrogen-bond donors (Lipinski definition) is 1. The van der Waals surface area contributed by atoms with Gasteiger partial charge in [-0.15, -0.1) is 0 Å². The molecular formula is C21H27N3O4. The zero-order chi connectivity index (χ0) is 20.5. The maximum Gasteiger partial charge on any atom is 0.356 e. The number of ether oxygens (including phenoxy) is 2. The van der Waals surface area contributed by atoms with Crippen LogP contribution in [0.3, 0.4) is 0 Å². The van der Waals surface area contributed by atoms with Gasteiger partial charge in [-0.3, -0.25) is 10.3 Å². The second kappa shape index (κ2) is 7.67. The number of allylic oxidation sites excluding steroid dienone is 1. The van der Waals surface area contributed by atoms with E-state index in [4.69, 9.17) is 14.3 Å². The molecule has 28 heavy (non-hydrogen) atoms. The molecule has 3 rings (SSSR count). The lowest BCUT2D eigenvalue weighted by Gasteiger charge is -2.39. The Bertz CT molecular complexity index is 899. The molecule has 1 aliphatic carbocycles. The summed E-state index contributed by atoms with van der Waals surface area (Å²) >= 11 is 0. The number of carbonyl (C=O) groups excluding carboxylic acids is 1. The van der Waals surface area contributed by atoms with E-state index < -0.39 is 5.97 Å². The third-order valence-electron chi connectivity index (χ3n) is 4.77. The summed E-state index contributed by atoms with van der Waals surface area (Å²) in [5, 5.41) is 0. The largest absolute Gasteiger partial charge is 0.497 e. The number of nitrogens with zero attached hydrogens (tertiary/aromatic N) is 2. The van der Waals surface area contributed by atoms with Crippen molar-refractivity contribution in [2.24, 2.45) is 5.41 Å². The van der Waals surface area contributed by atoms with Gasteiger partial charge < -0.3 is 14.0 Å². The molecule has 1 atom stereocenters. The van der Waals surface area contributed by atoms with E-state index in [1.54, 1.807) is 26.7 Å². The minimum atomic E-state index is -0.391. The molecule has 0 amide bonds.